The largest absolute Gasteiger partial charge is 0.362 e. The first-order valence-corrected chi connectivity index (χ1v) is 8.10. The van der Waals surface area contributed by atoms with Crippen molar-refractivity contribution in [1.82, 2.24) is 0 Å². The smallest absolute Gasteiger partial charge is 0.104 e. The van der Waals surface area contributed by atoms with Crippen molar-refractivity contribution in [1.29, 1.82) is 0 Å². The van der Waals surface area contributed by atoms with Crippen molar-refractivity contribution in [2.75, 3.05) is 0 Å². The molecule has 3 rings (SSSR count). The molecular formula is C15H25BrO. The Kier molecular flexibility index (Phi) is 2.57. The topological polar surface area (TPSA) is 12.5 Å². The van der Waals surface area contributed by atoms with E-state index in [0.29, 0.717) is 10.2 Å². The second-order valence-corrected chi connectivity index (χ2v) is 8.44. The molecule has 3 aliphatic rings. The van der Waals surface area contributed by atoms with Crippen LogP contribution in [0.1, 0.15) is 59.8 Å². The van der Waals surface area contributed by atoms with Gasteiger partial charge in [0.15, 0.2) is 0 Å². The molecule has 2 aliphatic carbocycles. The van der Waals surface area contributed by atoms with Crippen LogP contribution in [-0.4, -0.2) is 16.0 Å². The fourth-order valence-electron chi connectivity index (χ4n) is 4.68. The van der Waals surface area contributed by atoms with Crippen LogP contribution in [0.4, 0.5) is 0 Å². The summed E-state index contributed by atoms with van der Waals surface area (Å²) in [5.74, 6) is 1.67. The van der Waals surface area contributed by atoms with E-state index in [-0.39, 0.29) is 11.2 Å². The van der Waals surface area contributed by atoms with Gasteiger partial charge in [-0.3, -0.25) is 0 Å². The molecule has 2 saturated carbocycles. The molecule has 0 aromatic carbocycles. The van der Waals surface area contributed by atoms with Gasteiger partial charge in [0.25, 0.3) is 0 Å². The molecule has 0 aromatic heterocycles. The Morgan fingerprint density at radius 3 is 2.53 bits per heavy atom. The Morgan fingerprint density at radius 2 is 1.88 bits per heavy atom. The molecule has 1 heterocycles. The lowest BCUT2D eigenvalue weighted by Crippen LogP contribution is -2.54. The molecule has 3 fully saturated rings. The van der Waals surface area contributed by atoms with Crippen molar-refractivity contribution < 1.29 is 4.74 Å². The summed E-state index contributed by atoms with van der Waals surface area (Å²) in [7, 11) is 0. The molecule has 1 aliphatic heterocycles. The van der Waals surface area contributed by atoms with E-state index >= 15 is 0 Å². The average molecular weight is 301 g/mol. The third-order valence-electron chi connectivity index (χ3n) is 6.23. The van der Waals surface area contributed by atoms with Gasteiger partial charge in [-0.05, 0) is 50.9 Å². The maximum atomic E-state index is 6.38. The maximum Gasteiger partial charge on any atom is 0.104 e. The second kappa shape index (κ2) is 3.50. The molecule has 1 nitrogen and oxygen atoms in total. The molecule has 5 atom stereocenters. The minimum absolute atomic E-state index is 0.194. The van der Waals surface area contributed by atoms with Gasteiger partial charge in [0, 0.05) is 10.2 Å². The van der Waals surface area contributed by atoms with Gasteiger partial charge >= 0.3 is 0 Å². The van der Waals surface area contributed by atoms with E-state index in [1.54, 1.807) is 0 Å². The zero-order valence-electron chi connectivity index (χ0n) is 11.6. The molecule has 0 N–H and O–H groups in total. The minimum atomic E-state index is 0.194. The van der Waals surface area contributed by atoms with Gasteiger partial charge in [-0.15, -0.1) is 0 Å². The number of hydrogen-bond acceptors (Lipinski definition) is 1. The number of ether oxygens (including phenoxy) is 1. The van der Waals surface area contributed by atoms with Crippen LogP contribution in [0.3, 0.4) is 0 Å². The first-order valence-electron chi connectivity index (χ1n) is 7.19. The zero-order chi connectivity index (χ0) is 12.5. The third kappa shape index (κ3) is 1.40. The molecular weight excluding hydrogens is 276 g/mol. The Morgan fingerprint density at radius 1 is 1.18 bits per heavy atom. The van der Waals surface area contributed by atoms with E-state index in [1.165, 1.54) is 32.1 Å². The van der Waals surface area contributed by atoms with Crippen molar-refractivity contribution in [3.63, 3.8) is 0 Å². The highest BCUT2D eigenvalue weighted by atomic mass is 79.9. The summed E-state index contributed by atoms with van der Waals surface area (Å²) >= 11 is 3.95. The molecule has 1 spiro atoms. The lowest BCUT2D eigenvalue weighted by atomic mass is 9.54. The summed E-state index contributed by atoms with van der Waals surface area (Å²) in [5, 5.41) is 0. The van der Waals surface area contributed by atoms with Crippen molar-refractivity contribution in [3.8, 4) is 0 Å². The third-order valence-corrected chi connectivity index (χ3v) is 7.70. The van der Waals surface area contributed by atoms with Gasteiger partial charge in [-0.25, -0.2) is 0 Å². The molecule has 0 bridgehead atoms. The summed E-state index contributed by atoms with van der Waals surface area (Å²) in [6, 6.07) is 0. The Balaban J connectivity index is 1.93. The standard InChI is InChI=1S/C15H25BrO/c1-10(2)11-5-7-13(3)12(16)6-8-14(4)15(13,9-11)17-14/h10-12H,5-9H2,1-4H3. The predicted octanol–water partition coefficient (Wildman–Crippen LogP) is 4.53. The van der Waals surface area contributed by atoms with Crippen LogP contribution in [0.5, 0.6) is 0 Å². The van der Waals surface area contributed by atoms with Gasteiger partial charge in [-0.2, -0.15) is 0 Å². The first-order chi connectivity index (χ1) is 7.85. The maximum absolute atomic E-state index is 6.38. The lowest BCUT2D eigenvalue weighted by molar-refractivity contribution is 0.0215. The quantitative estimate of drug-likeness (QED) is 0.512. The normalized spacial score (nSPS) is 57.5. The number of epoxide rings is 1. The molecule has 0 aromatic rings. The summed E-state index contributed by atoms with van der Waals surface area (Å²) in [6.45, 7) is 9.57. The van der Waals surface area contributed by atoms with Crippen LogP contribution in [0.25, 0.3) is 0 Å². The SMILES string of the molecule is CC(C)C1CCC2(C)C(Br)CCC3(C)OC32C1. The lowest BCUT2D eigenvalue weighted by Gasteiger charge is -2.50. The number of alkyl halides is 1. The average Bonchev–Trinajstić information content (AvgIpc) is 2.87. The molecule has 17 heavy (non-hydrogen) atoms. The van der Waals surface area contributed by atoms with Crippen LogP contribution in [0.2, 0.25) is 0 Å². The Bertz CT molecular complexity index is 342. The predicted molar refractivity (Wildman–Crippen MR) is 74.5 cm³/mol. The van der Waals surface area contributed by atoms with Crippen LogP contribution in [-0.2, 0) is 4.74 Å². The highest BCUT2D eigenvalue weighted by Crippen LogP contribution is 2.72. The zero-order valence-corrected chi connectivity index (χ0v) is 13.1. The Labute approximate surface area is 114 Å². The summed E-state index contributed by atoms with van der Waals surface area (Å²) in [5.41, 5.74) is 0.755. The van der Waals surface area contributed by atoms with Gasteiger partial charge in [0.2, 0.25) is 0 Å². The molecule has 2 heteroatoms. The van der Waals surface area contributed by atoms with E-state index in [0.717, 1.165) is 11.8 Å². The van der Waals surface area contributed by atoms with Gasteiger partial charge < -0.3 is 4.74 Å². The molecule has 0 amide bonds. The van der Waals surface area contributed by atoms with E-state index < -0.39 is 0 Å². The molecule has 98 valence electrons. The van der Waals surface area contributed by atoms with Crippen molar-refractivity contribution >= 4 is 15.9 Å². The fraction of sp³-hybridized carbons (Fsp3) is 1.00. The Hall–Kier alpha value is 0.440. The van der Waals surface area contributed by atoms with E-state index in [1.807, 2.05) is 0 Å². The summed E-state index contributed by atoms with van der Waals surface area (Å²) in [4.78, 5) is 0.652. The van der Waals surface area contributed by atoms with Crippen LogP contribution >= 0.6 is 15.9 Å². The van der Waals surface area contributed by atoms with Gasteiger partial charge in [0.05, 0.1) is 5.60 Å². The number of rotatable bonds is 1. The van der Waals surface area contributed by atoms with E-state index in [9.17, 15) is 0 Å². The first kappa shape index (κ1) is 12.5. The van der Waals surface area contributed by atoms with E-state index in [4.69, 9.17) is 4.74 Å². The van der Waals surface area contributed by atoms with Gasteiger partial charge in [0.1, 0.15) is 5.60 Å². The van der Waals surface area contributed by atoms with Crippen LogP contribution < -0.4 is 0 Å². The molecule has 0 radical (unpaired) electrons. The van der Waals surface area contributed by atoms with Crippen LogP contribution in [0, 0.1) is 17.3 Å². The monoisotopic (exact) mass is 300 g/mol. The van der Waals surface area contributed by atoms with Gasteiger partial charge in [-0.1, -0.05) is 36.7 Å². The number of halogens is 1. The van der Waals surface area contributed by atoms with Crippen molar-refractivity contribution in [3.05, 3.63) is 0 Å². The number of hydrogen-bond donors (Lipinski definition) is 0. The van der Waals surface area contributed by atoms with Crippen molar-refractivity contribution in [2.45, 2.75) is 75.8 Å². The highest BCUT2D eigenvalue weighted by Gasteiger charge is 2.78. The second-order valence-electron chi connectivity index (χ2n) is 7.33. The fourth-order valence-corrected chi connectivity index (χ4v) is 5.51. The minimum Gasteiger partial charge on any atom is -0.362 e. The van der Waals surface area contributed by atoms with Crippen molar-refractivity contribution in [2.24, 2.45) is 17.3 Å². The highest BCUT2D eigenvalue weighted by molar-refractivity contribution is 9.09. The molecule has 1 saturated heterocycles. The molecule has 5 unspecified atom stereocenters. The summed E-state index contributed by atoms with van der Waals surface area (Å²) in [6.07, 6.45) is 6.53. The van der Waals surface area contributed by atoms with E-state index in [2.05, 4.69) is 43.6 Å². The summed E-state index contributed by atoms with van der Waals surface area (Å²) < 4.78 is 6.38. The van der Waals surface area contributed by atoms with Crippen LogP contribution in [0.15, 0.2) is 0 Å².